The van der Waals surface area contributed by atoms with Gasteiger partial charge in [-0.25, -0.2) is 0 Å². The van der Waals surface area contributed by atoms with E-state index >= 15 is 0 Å². The van der Waals surface area contributed by atoms with Crippen LogP contribution < -0.4 is 5.32 Å². The zero-order chi connectivity index (χ0) is 15.9. The quantitative estimate of drug-likeness (QED) is 0.855. The topological polar surface area (TPSA) is 45.5 Å². The van der Waals surface area contributed by atoms with Crippen LogP contribution in [-0.2, 0) is 11.2 Å². The van der Waals surface area contributed by atoms with Gasteiger partial charge in [-0.3, -0.25) is 4.79 Å². The molecule has 4 nitrogen and oxygen atoms in total. The molecule has 0 fully saturated rings. The number of amides is 1. The molecule has 0 aliphatic heterocycles. The Bertz CT molecular complexity index is 574. The lowest BCUT2D eigenvalue weighted by Crippen LogP contribution is -2.34. The summed E-state index contributed by atoms with van der Waals surface area (Å²) in [7, 11) is 4.05. The molecule has 1 N–H and O–H groups in total. The first kappa shape index (κ1) is 16.3. The summed E-state index contributed by atoms with van der Waals surface area (Å²) in [5, 5.41) is 3.02. The summed E-state index contributed by atoms with van der Waals surface area (Å²) in [5.41, 5.74) is 2.45. The average molecular weight is 300 g/mol. The highest BCUT2D eigenvalue weighted by Gasteiger charge is 2.15. The minimum atomic E-state index is 0.0513. The van der Waals surface area contributed by atoms with Gasteiger partial charge in [-0.2, -0.15) is 0 Å². The highest BCUT2D eigenvalue weighted by atomic mass is 16.3. The minimum absolute atomic E-state index is 0.0513. The van der Waals surface area contributed by atoms with Crippen LogP contribution in [0.25, 0.3) is 0 Å². The Morgan fingerprint density at radius 3 is 2.55 bits per heavy atom. The number of carbonyl (C=O) groups is 1. The van der Waals surface area contributed by atoms with E-state index in [1.807, 2.05) is 26.2 Å². The maximum atomic E-state index is 12.0. The maximum absolute atomic E-state index is 12.0. The van der Waals surface area contributed by atoms with E-state index in [9.17, 15) is 4.79 Å². The molecule has 1 amide bonds. The van der Waals surface area contributed by atoms with Gasteiger partial charge in [0.25, 0.3) is 0 Å². The second-order valence-electron chi connectivity index (χ2n) is 5.77. The van der Waals surface area contributed by atoms with Crippen LogP contribution in [-0.4, -0.2) is 31.4 Å². The van der Waals surface area contributed by atoms with E-state index in [1.165, 1.54) is 11.1 Å². The van der Waals surface area contributed by atoms with E-state index in [4.69, 9.17) is 4.42 Å². The van der Waals surface area contributed by atoms with Crippen molar-refractivity contribution < 1.29 is 9.21 Å². The van der Waals surface area contributed by atoms with Gasteiger partial charge in [-0.05, 0) is 38.7 Å². The van der Waals surface area contributed by atoms with Gasteiger partial charge in [-0.15, -0.1) is 0 Å². The Balaban J connectivity index is 1.86. The Morgan fingerprint density at radius 1 is 1.23 bits per heavy atom. The molecule has 118 valence electrons. The summed E-state index contributed by atoms with van der Waals surface area (Å²) in [4.78, 5) is 14.1. The van der Waals surface area contributed by atoms with Crippen LogP contribution in [0.15, 0.2) is 47.1 Å². The van der Waals surface area contributed by atoms with Crippen LogP contribution in [0.3, 0.4) is 0 Å². The normalized spacial score (nSPS) is 12.4. The lowest BCUT2D eigenvalue weighted by Gasteiger charge is -2.25. The largest absolute Gasteiger partial charge is 0.469 e. The molecule has 1 heterocycles. The molecule has 0 aliphatic rings. The van der Waals surface area contributed by atoms with Crippen LogP contribution in [0.1, 0.15) is 29.3 Å². The van der Waals surface area contributed by atoms with Gasteiger partial charge in [0.1, 0.15) is 5.76 Å². The molecule has 1 atom stereocenters. The van der Waals surface area contributed by atoms with Crippen LogP contribution in [0.4, 0.5) is 0 Å². The number of likely N-dealkylation sites (N-methyl/N-ethyl adjacent to an activating group) is 1. The van der Waals surface area contributed by atoms with Crippen LogP contribution in [0.5, 0.6) is 0 Å². The van der Waals surface area contributed by atoms with Gasteiger partial charge < -0.3 is 14.6 Å². The summed E-state index contributed by atoms with van der Waals surface area (Å²) in [6, 6.07) is 12.3. The van der Waals surface area contributed by atoms with Crippen molar-refractivity contribution in [1.29, 1.82) is 0 Å². The molecular weight excluding hydrogens is 276 g/mol. The second-order valence-corrected chi connectivity index (χ2v) is 5.77. The monoisotopic (exact) mass is 300 g/mol. The summed E-state index contributed by atoms with van der Waals surface area (Å²) in [5.74, 6) is 0.896. The summed E-state index contributed by atoms with van der Waals surface area (Å²) in [6.07, 6.45) is 2.71. The molecule has 2 aromatic rings. The predicted octanol–water partition coefficient (Wildman–Crippen LogP) is 2.94. The molecule has 22 heavy (non-hydrogen) atoms. The first-order chi connectivity index (χ1) is 10.6. The number of rotatable bonds is 7. The Hall–Kier alpha value is -2.07. The van der Waals surface area contributed by atoms with Crippen molar-refractivity contribution in [1.82, 2.24) is 10.2 Å². The zero-order valence-corrected chi connectivity index (χ0v) is 13.5. The molecule has 4 heteroatoms. The highest BCUT2D eigenvalue weighted by molar-refractivity contribution is 5.76. The van der Waals surface area contributed by atoms with Gasteiger partial charge in [0.2, 0.25) is 5.91 Å². The first-order valence-corrected chi connectivity index (χ1v) is 7.58. The molecule has 0 spiro atoms. The van der Waals surface area contributed by atoms with Crippen molar-refractivity contribution in [3.8, 4) is 0 Å². The molecule has 0 saturated heterocycles. The van der Waals surface area contributed by atoms with E-state index in [1.54, 1.807) is 6.26 Å². The zero-order valence-electron chi connectivity index (χ0n) is 13.5. The Labute approximate surface area is 132 Å². The van der Waals surface area contributed by atoms with Gasteiger partial charge in [0.05, 0.1) is 12.3 Å². The Kier molecular flexibility index (Phi) is 5.78. The predicted molar refractivity (Wildman–Crippen MR) is 87.6 cm³/mol. The Morgan fingerprint density at radius 2 is 1.95 bits per heavy atom. The average Bonchev–Trinajstić information content (AvgIpc) is 3.00. The van der Waals surface area contributed by atoms with Crippen LogP contribution >= 0.6 is 0 Å². The molecule has 1 aromatic carbocycles. The molecular formula is C18H24N2O2. The van der Waals surface area contributed by atoms with Crippen LogP contribution in [0, 0.1) is 6.92 Å². The van der Waals surface area contributed by atoms with Gasteiger partial charge >= 0.3 is 0 Å². The van der Waals surface area contributed by atoms with E-state index in [0.29, 0.717) is 19.4 Å². The SMILES string of the molecule is Cc1ccc(C(CNC(=O)CCc2ccco2)N(C)C)cc1. The molecule has 0 saturated carbocycles. The van der Waals surface area contributed by atoms with E-state index < -0.39 is 0 Å². The molecule has 0 radical (unpaired) electrons. The van der Waals surface area contributed by atoms with Crippen molar-refractivity contribution in [2.45, 2.75) is 25.8 Å². The molecule has 1 aromatic heterocycles. The smallest absolute Gasteiger partial charge is 0.220 e. The number of aryl methyl sites for hydroxylation is 2. The lowest BCUT2D eigenvalue weighted by molar-refractivity contribution is -0.121. The number of benzene rings is 1. The highest BCUT2D eigenvalue weighted by Crippen LogP contribution is 2.18. The van der Waals surface area contributed by atoms with Crippen molar-refractivity contribution in [2.24, 2.45) is 0 Å². The maximum Gasteiger partial charge on any atom is 0.220 e. The van der Waals surface area contributed by atoms with E-state index in [-0.39, 0.29) is 11.9 Å². The van der Waals surface area contributed by atoms with Crippen molar-refractivity contribution in [3.05, 3.63) is 59.5 Å². The first-order valence-electron chi connectivity index (χ1n) is 7.58. The summed E-state index contributed by atoms with van der Waals surface area (Å²) < 4.78 is 5.24. The number of hydrogen-bond donors (Lipinski definition) is 1. The van der Waals surface area contributed by atoms with Crippen molar-refractivity contribution >= 4 is 5.91 Å². The fourth-order valence-corrected chi connectivity index (χ4v) is 2.38. The fourth-order valence-electron chi connectivity index (χ4n) is 2.38. The number of hydrogen-bond acceptors (Lipinski definition) is 3. The van der Waals surface area contributed by atoms with Crippen LogP contribution in [0.2, 0.25) is 0 Å². The third-order valence-corrected chi connectivity index (χ3v) is 3.76. The van der Waals surface area contributed by atoms with E-state index in [0.717, 1.165) is 5.76 Å². The van der Waals surface area contributed by atoms with Crippen molar-refractivity contribution in [2.75, 3.05) is 20.6 Å². The molecule has 0 aliphatic carbocycles. The van der Waals surface area contributed by atoms with E-state index in [2.05, 4.69) is 41.4 Å². The number of carbonyl (C=O) groups excluding carboxylic acids is 1. The third kappa shape index (κ3) is 4.74. The molecule has 1 unspecified atom stereocenters. The number of nitrogens with one attached hydrogen (secondary N) is 1. The standard InChI is InChI=1S/C18H24N2O2/c1-14-6-8-15(9-7-14)17(20(2)3)13-19-18(21)11-10-16-5-4-12-22-16/h4-9,12,17H,10-11,13H2,1-3H3,(H,19,21). The lowest BCUT2D eigenvalue weighted by atomic mass is 10.0. The van der Waals surface area contributed by atoms with Gasteiger partial charge in [0, 0.05) is 19.4 Å². The number of nitrogens with zero attached hydrogens (tertiary/aromatic N) is 1. The van der Waals surface area contributed by atoms with Gasteiger partial charge in [-0.1, -0.05) is 29.8 Å². The summed E-state index contributed by atoms with van der Waals surface area (Å²) >= 11 is 0. The molecule has 2 rings (SSSR count). The summed E-state index contributed by atoms with van der Waals surface area (Å²) in [6.45, 7) is 2.68. The molecule has 0 bridgehead atoms. The van der Waals surface area contributed by atoms with Gasteiger partial charge in [0.15, 0.2) is 0 Å². The third-order valence-electron chi connectivity index (χ3n) is 3.76. The second kappa shape index (κ2) is 7.80. The van der Waals surface area contributed by atoms with Crippen molar-refractivity contribution in [3.63, 3.8) is 0 Å². The number of furan rings is 1. The fraction of sp³-hybridized carbons (Fsp3) is 0.389. The minimum Gasteiger partial charge on any atom is -0.469 e.